The van der Waals surface area contributed by atoms with Gasteiger partial charge in [0, 0.05) is 18.8 Å². The van der Waals surface area contributed by atoms with E-state index in [-0.39, 0.29) is 29.0 Å². The van der Waals surface area contributed by atoms with Gasteiger partial charge in [-0.1, -0.05) is 13.8 Å². The smallest absolute Gasteiger partial charge is 0.302 e. The van der Waals surface area contributed by atoms with E-state index in [1.165, 1.54) is 6.92 Å². The molecular weight excluding hydrogens is 332 g/mol. The normalized spacial score (nSPS) is 56.2. The Bertz CT molecular complexity index is 593. The minimum atomic E-state index is -1.20. The van der Waals surface area contributed by atoms with Crippen molar-refractivity contribution >= 4 is 5.97 Å². The fraction of sp³-hybridized carbons (Fsp3) is 0.952. The Kier molecular flexibility index (Phi) is 4.26. The molecule has 4 saturated carbocycles. The molecule has 9 atom stereocenters. The first-order valence-electron chi connectivity index (χ1n) is 10.4. The van der Waals surface area contributed by atoms with Crippen molar-refractivity contribution in [3.8, 4) is 0 Å². The van der Waals surface area contributed by atoms with Crippen molar-refractivity contribution in [2.24, 2.45) is 28.6 Å². The highest BCUT2D eigenvalue weighted by Crippen LogP contribution is 2.67. The summed E-state index contributed by atoms with van der Waals surface area (Å²) in [4.78, 5) is 11.4. The average molecular weight is 366 g/mol. The van der Waals surface area contributed by atoms with E-state index in [2.05, 4.69) is 13.8 Å². The van der Waals surface area contributed by atoms with E-state index in [9.17, 15) is 20.1 Å². The molecule has 5 heteroatoms. The van der Waals surface area contributed by atoms with Gasteiger partial charge in [0.15, 0.2) is 0 Å². The SMILES string of the molecule is CC(=O)OC1CC[C@]2(C)[C@H]3CC[C@]4(C)C(O)CC[C@H]4[C@@H]3CC(O)C2(O)C1. The molecule has 26 heavy (non-hydrogen) atoms. The second-order valence-corrected chi connectivity index (χ2v) is 10.1. The van der Waals surface area contributed by atoms with Crippen LogP contribution in [0.2, 0.25) is 0 Å². The van der Waals surface area contributed by atoms with Crippen LogP contribution >= 0.6 is 0 Å². The number of carbonyl (C=O) groups is 1. The molecule has 0 heterocycles. The van der Waals surface area contributed by atoms with Gasteiger partial charge in [-0.15, -0.1) is 0 Å². The molecule has 0 aromatic rings. The molecular formula is C21H34O5. The molecule has 0 saturated heterocycles. The van der Waals surface area contributed by atoms with Crippen molar-refractivity contribution < 1.29 is 24.9 Å². The Morgan fingerprint density at radius 2 is 1.73 bits per heavy atom. The van der Waals surface area contributed by atoms with Gasteiger partial charge in [-0.05, 0) is 68.1 Å². The first-order valence-corrected chi connectivity index (χ1v) is 10.4. The van der Waals surface area contributed by atoms with Crippen LogP contribution in [0.5, 0.6) is 0 Å². The number of fused-ring (bicyclic) bond motifs is 5. The number of aliphatic hydroxyl groups excluding tert-OH is 2. The molecule has 0 aromatic carbocycles. The number of ether oxygens (including phenoxy) is 1. The zero-order chi connectivity index (χ0) is 18.9. The third-order valence-electron chi connectivity index (χ3n) is 9.10. The summed E-state index contributed by atoms with van der Waals surface area (Å²) >= 11 is 0. The number of esters is 1. The van der Waals surface area contributed by atoms with Crippen LogP contribution in [0.3, 0.4) is 0 Å². The Morgan fingerprint density at radius 3 is 2.42 bits per heavy atom. The summed E-state index contributed by atoms with van der Waals surface area (Å²) < 4.78 is 5.39. The quantitative estimate of drug-likeness (QED) is 0.621. The largest absolute Gasteiger partial charge is 0.462 e. The molecule has 0 radical (unpaired) electrons. The first-order chi connectivity index (χ1) is 12.1. The summed E-state index contributed by atoms with van der Waals surface area (Å²) in [6.07, 6.45) is 4.98. The lowest BCUT2D eigenvalue weighted by Gasteiger charge is -2.65. The van der Waals surface area contributed by atoms with E-state index in [0.717, 1.165) is 38.5 Å². The van der Waals surface area contributed by atoms with Gasteiger partial charge in [-0.25, -0.2) is 0 Å². The van der Waals surface area contributed by atoms with Crippen LogP contribution in [0.25, 0.3) is 0 Å². The molecule has 4 rings (SSSR count). The maximum Gasteiger partial charge on any atom is 0.302 e. The summed E-state index contributed by atoms with van der Waals surface area (Å²) in [5.74, 6) is 0.825. The number of hydrogen-bond acceptors (Lipinski definition) is 5. The number of carbonyl (C=O) groups excluding carboxylic acids is 1. The molecule has 0 aromatic heterocycles. The van der Waals surface area contributed by atoms with Gasteiger partial charge >= 0.3 is 5.97 Å². The minimum Gasteiger partial charge on any atom is -0.462 e. The molecule has 5 nitrogen and oxygen atoms in total. The molecule has 3 N–H and O–H groups in total. The Labute approximate surface area is 156 Å². The maximum absolute atomic E-state index is 11.6. The van der Waals surface area contributed by atoms with Gasteiger partial charge in [0.2, 0.25) is 0 Å². The lowest BCUT2D eigenvalue weighted by atomic mass is 9.43. The van der Waals surface area contributed by atoms with Crippen LogP contribution in [-0.4, -0.2) is 45.2 Å². The fourth-order valence-electron chi connectivity index (χ4n) is 7.55. The summed E-state index contributed by atoms with van der Waals surface area (Å²) in [7, 11) is 0. The van der Waals surface area contributed by atoms with Crippen LogP contribution in [0.4, 0.5) is 0 Å². The van der Waals surface area contributed by atoms with Crippen LogP contribution in [0.15, 0.2) is 0 Å². The van der Waals surface area contributed by atoms with Crippen LogP contribution in [-0.2, 0) is 9.53 Å². The summed E-state index contributed by atoms with van der Waals surface area (Å²) in [6, 6.07) is 0. The topological polar surface area (TPSA) is 87.0 Å². The van der Waals surface area contributed by atoms with Gasteiger partial charge in [0.25, 0.3) is 0 Å². The third-order valence-corrected chi connectivity index (χ3v) is 9.10. The van der Waals surface area contributed by atoms with Crippen LogP contribution in [0, 0.1) is 28.6 Å². The number of rotatable bonds is 1. The first kappa shape index (κ1) is 18.7. The predicted octanol–water partition coefficient (Wildman–Crippen LogP) is 2.41. The van der Waals surface area contributed by atoms with Crippen molar-refractivity contribution in [1.82, 2.24) is 0 Å². The van der Waals surface area contributed by atoms with E-state index in [1.54, 1.807) is 0 Å². The average Bonchev–Trinajstić information content (AvgIpc) is 2.86. The molecule has 0 spiro atoms. The van der Waals surface area contributed by atoms with Crippen molar-refractivity contribution in [3.63, 3.8) is 0 Å². The Hall–Kier alpha value is -0.650. The lowest BCUT2D eigenvalue weighted by Crippen LogP contribution is -2.68. The van der Waals surface area contributed by atoms with Crippen molar-refractivity contribution in [3.05, 3.63) is 0 Å². The van der Waals surface area contributed by atoms with Gasteiger partial charge in [0.1, 0.15) is 6.10 Å². The van der Waals surface area contributed by atoms with Gasteiger partial charge in [0.05, 0.1) is 17.8 Å². The number of aliphatic hydroxyl groups is 3. The summed E-state index contributed by atoms with van der Waals surface area (Å²) in [5.41, 5.74) is -1.60. The van der Waals surface area contributed by atoms with E-state index in [0.29, 0.717) is 30.6 Å². The second-order valence-electron chi connectivity index (χ2n) is 10.1. The highest BCUT2D eigenvalue weighted by Gasteiger charge is 2.67. The lowest BCUT2D eigenvalue weighted by molar-refractivity contribution is -0.266. The third kappa shape index (κ3) is 2.36. The highest BCUT2D eigenvalue weighted by atomic mass is 16.5. The van der Waals surface area contributed by atoms with Gasteiger partial charge < -0.3 is 20.1 Å². The molecule has 4 aliphatic rings. The standard InChI is InChI=1S/C21H34O5/c1-12(22)26-13-6-9-20(3)16-7-8-19(2)15(4-5-17(19)23)14(16)10-18(24)21(20,25)11-13/h13-18,23-25H,4-11H2,1-3H3/t13?,14-,15-,16-,17?,18?,19-,20+,21?/m0/s1. The van der Waals surface area contributed by atoms with E-state index >= 15 is 0 Å². The number of hydrogen-bond donors (Lipinski definition) is 3. The van der Waals surface area contributed by atoms with Crippen LogP contribution < -0.4 is 0 Å². The molecule has 4 unspecified atom stereocenters. The Balaban J connectivity index is 1.64. The van der Waals surface area contributed by atoms with E-state index < -0.39 is 11.7 Å². The molecule has 0 bridgehead atoms. The van der Waals surface area contributed by atoms with Gasteiger partial charge in [-0.3, -0.25) is 4.79 Å². The monoisotopic (exact) mass is 366 g/mol. The minimum absolute atomic E-state index is 0.0400. The maximum atomic E-state index is 11.6. The molecule has 4 fully saturated rings. The Morgan fingerprint density at radius 1 is 1.00 bits per heavy atom. The molecule has 0 aliphatic heterocycles. The van der Waals surface area contributed by atoms with Crippen molar-refractivity contribution in [1.29, 1.82) is 0 Å². The zero-order valence-electron chi connectivity index (χ0n) is 16.3. The second kappa shape index (κ2) is 5.92. The summed E-state index contributed by atoms with van der Waals surface area (Å²) in [5, 5.41) is 33.2. The molecule has 148 valence electrons. The molecule has 0 amide bonds. The van der Waals surface area contributed by atoms with Gasteiger partial charge in [-0.2, -0.15) is 0 Å². The highest BCUT2D eigenvalue weighted by molar-refractivity contribution is 5.66. The fourth-order valence-corrected chi connectivity index (χ4v) is 7.55. The summed E-state index contributed by atoms with van der Waals surface area (Å²) in [6.45, 7) is 5.77. The predicted molar refractivity (Wildman–Crippen MR) is 96.1 cm³/mol. The van der Waals surface area contributed by atoms with E-state index in [4.69, 9.17) is 4.74 Å². The van der Waals surface area contributed by atoms with Crippen molar-refractivity contribution in [2.75, 3.05) is 0 Å². The van der Waals surface area contributed by atoms with Crippen LogP contribution in [0.1, 0.15) is 72.1 Å². The van der Waals surface area contributed by atoms with E-state index in [1.807, 2.05) is 0 Å². The zero-order valence-corrected chi connectivity index (χ0v) is 16.3. The van der Waals surface area contributed by atoms with Crippen molar-refractivity contribution in [2.45, 2.75) is 96.1 Å². The molecule has 4 aliphatic carbocycles.